The predicted molar refractivity (Wildman–Crippen MR) is 83.1 cm³/mol. The van der Waals surface area contributed by atoms with Crippen LogP contribution in [0.1, 0.15) is 62.3 Å². The summed E-state index contributed by atoms with van der Waals surface area (Å²) in [7, 11) is 0. The van der Waals surface area contributed by atoms with Crippen LogP contribution in [-0.2, 0) is 23.3 Å². The largest absolute Gasteiger partial charge is 0.367 e. The summed E-state index contributed by atoms with van der Waals surface area (Å²) in [5.41, 5.74) is 3.42. The van der Waals surface area contributed by atoms with Crippen molar-refractivity contribution in [3.63, 3.8) is 0 Å². The summed E-state index contributed by atoms with van der Waals surface area (Å²) < 4.78 is 6.21. The summed E-state index contributed by atoms with van der Waals surface area (Å²) in [5, 5.41) is 3.42. The van der Waals surface area contributed by atoms with Crippen molar-refractivity contribution in [3.05, 3.63) is 22.8 Å². The zero-order valence-corrected chi connectivity index (χ0v) is 13.5. The first kappa shape index (κ1) is 14.9. The number of rotatable bonds is 3. The number of nitrogens with one attached hydrogen (secondary N) is 1. The fraction of sp³-hybridized carbons (Fsp3) is 0.765. The molecule has 2 heterocycles. The molecular weight excluding hydrogens is 262 g/mol. The number of nitrogens with zero attached hydrogens (tertiary/aromatic N) is 2. The minimum absolute atomic E-state index is 0.251. The first-order valence-corrected chi connectivity index (χ1v) is 8.36. The Bertz CT molecular complexity index is 507. The van der Waals surface area contributed by atoms with Gasteiger partial charge in [-0.15, -0.1) is 0 Å². The van der Waals surface area contributed by atoms with Gasteiger partial charge in [0.05, 0.1) is 5.69 Å². The van der Waals surface area contributed by atoms with Crippen molar-refractivity contribution >= 4 is 0 Å². The highest BCUT2D eigenvalue weighted by molar-refractivity contribution is 5.29. The fourth-order valence-corrected chi connectivity index (χ4v) is 3.69. The number of hydrogen-bond acceptors (Lipinski definition) is 4. The fourth-order valence-electron chi connectivity index (χ4n) is 3.69. The van der Waals surface area contributed by atoms with Crippen LogP contribution < -0.4 is 5.32 Å². The van der Waals surface area contributed by atoms with Gasteiger partial charge in [-0.3, -0.25) is 0 Å². The summed E-state index contributed by atoms with van der Waals surface area (Å²) >= 11 is 0. The van der Waals surface area contributed by atoms with E-state index in [1.54, 1.807) is 0 Å². The van der Waals surface area contributed by atoms with Gasteiger partial charge < -0.3 is 10.1 Å². The van der Waals surface area contributed by atoms with E-state index in [0.29, 0.717) is 0 Å². The Hall–Kier alpha value is -1.00. The molecule has 116 valence electrons. The van der Waals surface area contributed by atoms with Gasteiger partial charge in [-0.2, -0.15) is 0 Å². The van der Waals surface area contributed by atoms with Crippen molar-refractivity contribution in [1.82, 2.24) is 15.3 Å². The average molecular weight is 289 g/mol. The number of hydrogen-bond donors (Lipinski definition) is 1. The predicted octanol–water partition coefficient (Wildman–Crippen LogP) is 2.87. The lowest BCUT2D eigenvalue weighted by Crippen LogP contribution is -2.38. The first-order valence-electron chi connectivity index (χ1n) is 8.36. The zero-order chi connectivity index (χ0) is 14.9. The topological polar surface area (TPSA) is 47.0 Å². The highest BCUT2D eigenvalue weighted by Gasteiger charge is 2.40. The number of aromatic nitrogens is 2. The van der Waals surface area contributed by atoms with Gasteiger partial charge in [0.25, 0.3) is 0 Å². The molecule has 0 bridgehead atoms. The molecule has 3 rings (SSSR count). The van der Waals surface area contributed by atoms with E-state index in [1.165, 1.54) is 24.1 Å². The zero-order valence-electron chi connectivity index (χ0n) is 13.5. The molecule has 0 spiro atoms. The minimum Gasteiger partial charge on any atom is -0.367 e. The normalized spacial score (nSPS) is 29.2. The molecule has 0 amide bonds. The lowest BCUT2D eigenvalue weighted by molar-refractivity contribution is -0.0839. The van der Waals surface area contributed by atoms with Crippen molar-refractivity contribution in [2.75, 3.05) is 13.2 Å². The van der Waals surface area contributed by atoms with Crippen LogP contribution in [0.15, 0.2) is 0 Å². The number of ether oxygens (including phenoxy) is 1. The van der Waals surface area contributed by atoms with Crippen LogP contribution >= 0.6 is 0 Å². The molecule has 0 atom stereocenters. The van der Waals surface area contributed by atoms with Crippen LogP contribution in [0.5, 0.6) is 0 Å². The second-order valence-electron chi connectivity index (χ2n) is 6.59. The molecular formula is C17H27N3O. The summed E-state index contributed by atoms with van der Waals surface area (Å²) in [6, 6.07) is 0. The van der Waals surface area contributed by atoms with E-state index in [2.05, 4.69) is 26.1 Å². The third-order valence-electron chi connectivity index (χ3n) is 5.05. The molecule has 1 aliphatic carbocycles. The number of fused-ring (bicyclic) bond motifs is 1. The van der Waals surface area contributed by atoms with Crippen molar-refractivity contribution < 1.29 is 4.74 Å². The molecule has 1 saturated carbocycles. The molecule has 1 N–H and O–H groups in total. The van der Waals surface area contributed by atoms with Crippen LogP contribution in [0.25, 0.3) is 0 Å². The Kier molecular flexibility index (Phi) is 4.27. The van der Waals surface area contributed by atoms with Gasteiger partial charge in [0, 0.05) is 18.8 Å². The SMILES string of the molecule is CCOC1(c2nc(C)c3c(n2)CNCC3)CCC(C)CC1. The Morgan fingerprint density at radius 1 is 1.29 bits per heavy atom. The van der Waals surface area contributed by atoms with Gasteiger partial charge in [-0.1, -0.05) is 6.92 Å². The smallest absolute Gasteiger partial charge is 0.160 e. The molecule has 1 aromatic rings. The standard InChI is InChI=1S/C17H27N3O/c1-4-21-17(8-5-12(2)6-9-17)16-19-13(3)14-7-10-18-11-15(14)20-16/h12,18H,4-11H2,1-3H3. The summed E-state index contributed by atoms with van der Waals surface area (Å²) in [4.78, 5) is 9.78. The van der Waals surface area contributed by atoms with E-state index < -0.39 is 0 Å². The molecule has 0 aromatic carbocycles. The Balaban J connectivity index is 1.98. The Morgan fingerprint density at radius 2 is 2.05 bits per heavy atom. The summed E-state index contributed by atoms with van der Waals surface area (Å²) in [5.74, 6) is 1.72. The van der Waals surface area contributed by atoms with Crippen molar-refractivity contribution in [1.29, 1.82) is 0 Å². The molecule has 0 saturated heterocycles. The third-order valence-corrected chi connectivity index (χ3v) is 5.05. The van der Waals surface area contributed by atoms with Gasteiger partial charge in [-0.25, -0.2) is 9.97 Å². The third kappa shape index (κ3) is 2.84. The quantitative estimate of drug-likeness (QED) is 0.929. The van der Waals surface area contributed by atoms with E-state index in [9.17, 15) is 0 Å². The van der Waals surface area contributed by atoms with Crippen LogP contribution in [0.3, 0.4) is 0 Å². The van der Waals surface area contributed by atoms with Crippen molar-refractivity contribution in [2.24, 2.45) is 5.92 Å². The van der Waals surface area contributed by atoms with Crippen LogP contribution in [-0.4, -0.2) is 23.1 Å². The van der Waals surface area contributed by atoms with Gasteiger partial charge in [0.15, 0.2) is 5.82 Å². The Labute approximate surface area is 127 Å². The minimum atomic E-state index is -0.251. The van der Waals surface area contributed by atoms with Crippen molar-refractivity contribution in [2.45, 2.75) is 65.0 Å². The Morgan fingerprint density at radius 3 is 2.76 bits per heavy atom. The van der Waals surface area contributed by atoms with Crippen LogP contribution in [0, 0.1) is 12.8 Å². The highest BCUT2D eigenvalue weighted by Crippen LogP contribution is 2.41. The van der Waals surface area contributed by atoms with Gasteiger partial charge in [0.1, 0.15) is 5.60 Å². The second kappa shape index (κ2) is 6.01. The summed E-state index contributed by atoms with van der Waals surface area (Å²) in [6.45, 7) is 9.16. The van der Waals surface area contributed by atoms with Crippen molar-refractivity contribution in [3.8, 4) is 0 Å². The van der Waals surface area contributed by atoms with E-state index in [1.807, 2.05) is 0 Å². The van der Waals surface area contributed by atoms with E-state index in [0.717, 1.165) is 56.4 Å². The average Bonchev–Trinajstić information content (AvgIpc) is 2.50. The first-order chi connectivity index (χ1) is 10.1. The molecule has 4 nitrogen and oxygen atoms in total. The maximum atomic E-state index is 6.21. The number of aryl methyl sites for hydroxylation is 1. The lowest BCUT2D eigenvalue weighted by Gasteiger charge is -2.38. The highest BCUT2D eigenvalue weighted by atomic mass is 16.5. The lowest BCUT2D eigenvalue weighted by atomic mass is 9.78. The van der Waals surface area contributed by atoms with E-state index >= 15 is 0 Å². The molecule has 0 unspecified atom stereocenters. The summed E-state index contributed by atoms with van der Waals surface area (Å²) in [6.07, 6.45) is 5.55. The monoisotopic (exact) mass is 289 g/mol. The maximum absolute atomic E-state index is 6.21. The van der Waals surface area contributed by atoms with Crippen LogP contribution in [0.2, 0.25) is 0 Å². The molecule has 2 aliphatic rings. The molecule has 1 aliphatic heterocycles. The van der Waals surface area contributed by atoms with Crippen LogP contribution in [0.4, 0.5) is 0 Å². The molecule has 1 aromatic heterocycles. The molecule has 0 radical (unpaired) electrons. The van der Waals surface area contributed by atoms with E-state index in [4.69, 9.17) is 14.7 Å². The second-order valence-corrected chi connectivity index (χ2v) is 6.59. The molecule has 21 heavy (non-hydrogen) atoms. The van der Waals surface area contributed by atoms with Gasteiger partial charge in [0.2, 0.25) is 0 Å². The maximum Gasteiger partial charge on any atom is 0.160 e. The van der Waals surface area contributed by atoms with Gasteiger partial charge in [-0.05, 0) is 64.0 Å². The molecule has 4 heteroatoms. The van der Waals surface area contributed by atoms with Gasteiger partial charge >= 0.3 is 0 Å². The molecule has 1 fully saturated rings. The van der Waals surface area contributed by atoms with E-state index in [-0.39, 0.29) is 5.60 Å².